The number of methoxy groups -OCH3 is 1. The highest BCUT2D eigenvalue weighted by atomic mass is 16.5. The van der Waals surface area contributed by atoms with Crippen LogP contribution in [-0.4, -0.2) is 22.1 Å². The molecular weight excluding hydrogens is 106 g/mol. The number of hydrogen-bond donors (Lipinski definition) is 0. The lowest BCUT2D eigenvalue weighted by Gasteiger charge is -1.92. The van der Waals surface area contributed by atoms with E-state index in [4.69, 9.17) is 4.74 Å². The molecule has 1 rings (SSSR count). The lowest BCUT2D eigenvalue weighted by Crippen LogP contribution is -2.02. The first-order chi connectivity index (χ1) is 3.93. The Bertz CT molecular complexity index is 137. The summed E-state index contributed by atoms with van der Waals surface area (Å²) in [5.41, 5.74) is 0. The molecule has 0 aromatic carbocycles. The first-order valence-electron chi connectivity index (χ1n) is 2.26. The molecule has 1 aromatic rings. The molecule has 0 atom stereocenters. The van der Waals surface area contributed by atoms with Crippen molar-refractivity contribution in [3.8, 4) is 0 Å². The van der Waals surface area contributed by atoms with Crippen LogP contribution in [0.1, 0.15) is 0 Å². The highest BCUT2D eigenvalue weighted by Gasteiger charge is 1.83. The van der Waals surface area contributed by atoms with Crippen molar-refractivity contribution < 1.29 is 4.74 Å². The predicted octanol–water partition coefficient (Wildman–Crippen LogP) is -0.118. The van der Waals surface area contributed by atoms with Crippen molar-refractivity contribution in [3.05, 3.63) is 12.4 Å². The summed E-state index contributed by atoms with van der Waals surface area (Å²) in [5, 5.41) is 7.57. The van der Waals surface area contributed by atoms with Crippen molar-refractivity contribution in [2.45, 2.75) is 6.73 Å². The molecule has 1 aromatic heterocycles. The molecule has 0 aliphatic heterocycles. The minimum Gasteiger partial charge on any atom is -0.361 e. The monoisotopic (exact) mass is 113 g/mol. The minimum absolute atomic E-state index is 0.424. The van der Waals surface area contributed by atoms with Crippen LogP contribution in [0.4, 0.5) is 0 Å². The van der Waals surface area contributed by atoms with Gasteiger partial charge in [0, 0.05) is 7.11 Å². The van der Waals surface area contributed by atoms with Crippen LogP contribution in [0.2, 0.25) is 0 Å². The Morgan fingerprint density at radius 1 is 1.50 bits per heavy atom. The van der Waals surface area contributed by atoms with E-state index in [9.17, 15) is 0 Å². The maximum absolute atomic E-state index is 4.72. The number of aromatic nitrogens is 3. The SMILES string of the molecule is COCn1nccn1. The third kappa shape index (κ3) is 1.04. The van der Waals surface area contributed by atoms with E-state index in [-0.39, 0.29) is 0 Å². The molecule has 0 saturated carbocycles. The van der Waals surface area contributed by atoms with Gasteiger partial charge in [0.1, 0.15) is 0 Å². The van der Waals surface area contributed by atoms with Crippen molar-refractivity contribution in [1.29, 1.82) is 0 Å². The van der Waals surface area contributed by atoms with Gasteiger partial charge in [0.15, 0.2) is 6.73 Å². The third-order valence-corrected chi connectivity index (χ3v) is 0.711. The third-order valence-electron chi connectivity index (χ3n) is 0.711. The van der Waals surface area contributed by atoms with Crippen molar-refractivity contribution in [1.82, 2.24) is 15.0 Å². The van der Waals surface area contributed by atoms with Crippen LogP contribution in [0, 0.1) is 0 Å². The standard InChI is InChI=1S/C4H7N3O/c1-8-4-7-5-2-3-6-7/h2-3H,4H2,1H3. The molecule has 0 radical (unpaired) electrons. The molecule has 0 bridgehead atoms. The molecule has 0 amide bonds. The Morgan fingerprint density at radius 3 is 2.62 bits per heavy atom. The molecular formula is C4H7N3O. The van der Waals surface area contributed by atoms with Crippen molar-refractivity contribution in [2.24, 2.45) is 0 Å². The van der Waals surface area contributed by atoms with E-state index in [1.165, 1.54) is 4.80 Å². The Kier molecular flexibility index (Phi) is 1.58. The summed E-state index contributed by atoms with van der Waals surface area (Å²) >= 11 is 0. The van der Waals surface area contributed by atoms with Gasteiger partial charge in [-0.25, -0.2) is 0 Å². The largest absolute Gasteiger partial charge is 0.361 e. The summed E-state index contributed by atoms with van der Waals surface area (Å²) in [6.45, 7) is 0.424. The second-order valence-electron chi connectivity index (χ2n) is 1.32. The van der Waals surface area contributed by atoms with Crippen molar-refractivity contribution in [2.75, 3.05) is 7.11 Å². The Morgan fingerprint density at radius 2 is 2.12 bits per heavy atom. The van der Waals surface area contributed by atoms with E-state index in [1.54, 1.807) is 19.5 Å². The molecule has 44 valence electrons. The zero-order chi connectivity index (χ0) is 5.82. The van der Waals surface area contributed by atoms with Gasteiger partial charge in [0.2, 0.25) is 0 Å². The van der Waals surface area contributed by atoms with Crippen molar-refractivity contribution in [3.63, 3.8) is 0 Å². The first kappa shape index (κ1) is 5.24. The highest BCUT2D eigenvalue weighted by Crippen LogP contribution is 1.75. The molecule has 0 saturated heterocycles. The summed E-state index contributed by atoms with van der Waals surface area (Å²) in [6, 6.07) is 0. The van der Waals surface area contributed by atoms with Gasteiger partial charge in [-0.05, 0) is 0 Å². The fourth-order valence-electron chi connectivity index (χ4n) is 0.425. The Hall–Kier alpha value is -0.900. The molecule has 0 aliphatic carbocycles. The second kappa shape index (κ2) is 2.42. The lowest BCUT2D eigenvalue weighted by molar-refractivity contribution is 0.108. The van der Waals surface area contributed by atoms with Crippen LogP contribution in [0.15, 0.2) is 12.4 Å². The zero-order valence-corrected chi connectivity index (χ0v) is 4.61. The fourth-order valence-corrected chi connectivity index (χ4v) is 0.425. The summed E-state index contributed by atoms with van der Waals surface area (Å²) in [7, 11) is 1.60. The summed E-state index contributed by atoms with van der Waals surface area (Å²) in [6.07, 6.45) is 3.22. The minimum atomic E-state index is 0.424. The number of hydrogen-bond acceptors (Lipinski definition) is 3. The summed E-state index contributed by atoms with van der Waals surface area (Å²) < 4.78 is 4.72. The zero-order valence-electron chi connectivity index (χ0n) is 4.61. The second-order valence-corrected chi connectivity index (χ2v) is 1.32. The van der Waals surface area contributed by atoms with Gasteiger partial charge in [-0.15, -0.1) is 0 Å². The Balaban J connectivity index is 2.50. The molecule has 0 fully saturated rings. The molecule has 4 nitrogen and oxygen atoms in total. The topological polar surface area (TPSA) is 39.9 Å². The van der Waals surface area contributed by atoms with Gasteiger partial charge in [-0.1, -0.05) is 0 Å². The van der Waals surface area contributed by atoms with Gasteiger partial charge in [-0.2, -0.15) is 15.0 Å². The maximum Gasteiger partial charge on any atom is 0.158 e. The van der Waals surface area contributed by atoms with Crippen LogP contribution in [0.5, 0.6) is 0 Å². The molecule has 0 unspecified atom stereocenters. The van der Waals surface area contributed by atoms with E-state index >= 15 is 0 Å². The average Bonchev–Trinajstić information content (AvgIpc) is 2.19. The molecule has 0 aliphatic rings. The van der Waals surface area contributed by atoms with Crippen LogP contribution >= 0.6 is 0 Å². The van der Waals surface area contributed by atoms with E-state index < -0.39 is 0 Å². The maximum atomic E-state index is 4.72. The predicted molar refractivity (Wildman–Crippen MR) is 27.0 cm³/mol. The smallest absolute Gasteiger partial charge is 0.158 e. The van der Waals surface area contributed by atoms with E-state index in [1.807, 2.05) is 0 Å². The number of rotatable bonds is 2. The Labute approximate surface area is 47.1 Å². The molecule has 1 heterocycles. The van der Waals surface area contributed by atoms with E-state index in [0.29, 0.717) is 6.73 Å². The average molecular weight is 113 g/mol. The molecule has 0 N–H and O–H groups in total. The van der Waals surface area contributed by atoms with Gasteiger partial charge in [0.25, 0.3) is 0 Å². The quantitative estimate of drug-likeness (QED) is 0.537. The van der Waals surface area contributed by atoms with Gasteiger partial charge >= 0.3 is 0 Å². The molecule has 0 spiro atoms. The molecule has 8 heavy (non-hydrogen) atoms. The van der Waals surface area contributed by atoms with Crippen LogP contribution in [-0.2, 0) is 11.5 Å². The van der Waals surface area contributed by atoms with E-state index in [2.05, 4.69) is 10.2 Å². The fraction of sp³-hybridized carbons (Fsp3) is 0.500. The highest BCUT2D eigenvalue weighted by molar-refractivity contribution is 4.58. The lowest BCUT2D eigenvalue weighted by atomic mass is 11.0. The van der Waals surface area contributed by atoms with Crippen LogP contribution in [0.25, 0.3) is 0 Å². The van der Waals surface area contributed by atoms with Crippen molar-refractivity contribution >= 4 is 0 Å². The van der Waals surface area contributed by atoms with Crippen LogP contribution < -0.4 is 0 Å². The van der Waals surface area contributed by atoms with Gasteiger partial charge in [0.05, 0.1) is 12.4 Å². The van der Waals surface area contributed by atoms with Crippen LogP contribution in [0.3, 0.4) is 0 Å². The normalized spacial score (nSPS) is 9.62. The summed E-state index contributed by atoms with van der Waals surface area (Å²) in [4.78, 5) is 1.46. The van der Waals surface area contributed by atoms with E-state index in [0.717, 1.165) is 0 Å². The van der Waals surface area contributed by atoms with Gasteiger partial charge < -0.3 is 4.74 Å². The van der Waals surface area contributed by atoms with Gasteiger partial charge in [-0.3, -0.25) is 0 Å². The number of nitrogens with zero attached hydrogens (tertiary/aromatic N) is 3. The molecule has 4 heteroatoms. The summed E-state index contributed by atoms with van der Waals surface area (Å²) in [5.74, 6) is 0. The number of ether oxygens (including phenoxy) is 1. The first-order valence-corrected chi connectivity index (χ1v) is 2.26.